The van der Waals surface area contributed by atoms with Gasteiger partial charge in [0, 0.05) is 13.0 Å². The summed E-state index contributed by atoms with van der Waals surface area (Å²) in [6.45, 7) is 2.01. The lowest BCUT2D eigenvalue weighted by molar-refractivity contribution is 0.345. The van der Waals surface area contributed by atoms with Gasteiger partial charge in [-0.25, -0.2) is 0 Å². The highest BCUT2D eigenvalue weighted by molar-refractivity contribution is 7.98. The van der Waals surface area contributed by atoms with Crippen LogP contribution in [-0.2, 0) is 0 Å². The smallest absolute Gasteiger partial charge is 0.0918 e. The van der Waals surface area contributed by atoms with Crippen molar-refractivity contribution in [1.29, 1.82) is 5.41 Å². The maximum absolute atomic E-state index is 7.05. The van der Waals surface area contributed by atoms with Crippen LogP contribution >= 0.6 is 11.8 Å². The molecule has 0 aromatic rings. The van der Waals surface area contributed by atoms with Crippen LogP contribution < -0.4 is 5.73 Å². The maximum Gasteiger partial charge on any atom is 0.0918 e. The third-order valence-electron chi connectivity index (χ3n) is 1.65. The molecule has 0 rings (SSSR count). The second-order valence-electron chi connectivity index (χ2n) is 2.92. The molecule has 0 saturated heterocycles. The normalized spacial score (nSPS) is 10.6. The Morgan fingerprint density at radius 2 is 2.17 bits per heavy atom. The first kappa shape index (κ1) is 11.8. The Morgan fingerprint density at radius 1 is 1.50 bits per heavy atom. The molecule has 0 aliphatic heterocycles. The quantitative estimate of drug-likeness (QED) is 0.357. The molecule has 3 nitrogen and oxygen atoms in total. The monoisotopic (exact) mass is 189 g/mol. The van der Waals surface area contributed by atoms with Crippen molar-refractivity contribution in [3.63, 3.8) is 0 Å². The molecule has 72 valence electrons. The summed E-state index contributed by atoms with van der Waals surface area (Å²) in [6.07, 6.45) is 4.03. The molecule has 12 heavy (non-hydrogen) atoms. The van der Waals surface area contributed by atoms with Crippen LogP contribution in [0.25, 0.3) is 0 Å². The van der Waals surface area contributed by atoms with Gasteiger partial charge in [-0.3, -0.25) is 5.41 Å². The number of hydrogen-bond donors (Lipinski definition) is 2. The molecule has 0 atom stereocenters. The lowest BCUT2D eigenvalue weighted by Gasteiger charge is -2.15. The lowest BCUT2D eigenvalue weighted by atomic mass is 10.3. The number of rotatable bonds is 7. The maximum atomic E-state index is 7.05. The predicted octanol–water partition coefficient (Wildman–Crippen LogP) is 0.997. The highest BCUT2D eigenvalue weighted by Crippen LogP contribution is 1.97. The number of nitrogens with two attached hydrogens (primary N) is 1. The standard InChI is InChI=1S/C8H19N3S/c1-11(5-3-7-12-2)6-4-8(9)10/h3-7H2,1-2H3,(H3,9,10). The Balaban J connectivity index is 3.21. The van der Waals surface area contributed by atoms with E-state index < -0.39 is 0 Å². The van der Waals surface area contributed by atoms with Crippen LogP contribution in [0.15, 0.2) is 0 Å². The fourth-order valence-electron chi connectivity index (χ4n) is 0.902. The van der Waals surface area contributed by atoms with Crippen molar-refractivity contribution in [2.75, 3.05) is 32.1 Å². The average molecular weight is 189 g/mol. The topological polar surface area (TPSA) is 53.1 Å². The summed E-state index contributed by atoms with van der Waals surface area (Å²) in [5.41, 5.74) is 5.25. The van der Waals surface area contributed by atoms with E-state index >= 15 is 0 Å². The molecular formula is C8H19N3S. The van der Waals surface area contributed by atoms with E-state index in [1.165, 1.54) is 12.2 Å². The SMILES string of the molecule is CSCCCN(C)CCC(=N)N. The van der Waals surface area contributed by atoms with Gasteiger partial charge < -0.3 is 10.6 Å². The molecule has 0 aliphatic carbocycles. The Labute approximate surface area is 79.2 Å². The van der Waals surface area contributed by atoms with Gasteiger partial charge in [0.2, 0.25) is 0 Å². The number of hydrogen-bond acceptors (Lipinski definition) is 3. The van der Waals surface area contributed by atoms with E-state index in [-0.39, 0.29) is 5.84 Å². The molecule has 0 aromatic heterocycles. The number of nitrogens with one attached hydrogen (secondary N) is 1. The van der Waals surface area contributed by atoms with Gasteiger partial charge in [-0.2, -0.15) is 11.8 Å². The molecule has 0 radical (unpaired) electrons. The molecule has 0 bridgehead atoms. The Hall–Kier alpha value is -0.220. The number of thioether (sulfide) groups is 1. The van der Waals surface area contributed by atoms with E-state index in [4.69, 9.17) is 11.1 Å². The molecule has 0 fully saturated rings. The first-order valence-corrected chi connectivity index (χ1v) is 5.56. The third-order valence-corrected chi connectivity index (χ3v) is 2.35. The molecule has 0 heterocycles. The zero-order chi connectivity index (χ0) is 9.40. The summed E-state index contributed by atoms with van der Waals surface area (Å²) in [4.78, 5) is 2.22. The van der Waals surface area contributed by atoms with Gasteiger partial charge in [0.15, 0.2) is 0 Å². The minimum absolute atomic E-state index is 0.284. The van der Waals surface area contributed by atoms with Gasteiger partial charge in [0.25, 0.3) is 0 Å². The van der Waals surface area contributed by atoms with Gasteiger partial charge in [-0.1, -0.05) is 0 Å². The fourth-order valence-corrected chi connectivity index (χ4v) is 1.32. The number of amidine groups is 1. The van der Waals surface area contributed by atoms with Crippen molar-refractivity contribution in [2.24, 2.45) is 5.73 Å². The van der Waals surface area contributed by atoms with Crippen LogP contribution in [0.4, 0.5) is 0 Å². The van der Waals surface area contributed by atoms with E-state index in [2.05, 4.69) is 18.2 Å². The molecule has 0 aromatic carbocycles. The second-order valence-corrected chi connectivity index (χ2v) is 3.91. The Kier molecular flexibility index (Phi) is 7.29. The zero-order valence-electron chi connectivity index (χ0n) is 7.97. The van der Waals surface area contributed by atoms with E-state index in [0.29, 0.717) is 6.42 Å². The van der Waals surface area contributed by atoms with Crippen LogP contribution in [0.5, 0.6) is 0 Å². The van der Waals surface area contributed by atoms with E-state index in [0.717, 1.165) is 13.1 Å². The van der Waals surface area contributed by atoms with Gasteiger partial charge in [0.1, 0.15) is 0 Å². The van der Waals surface area contributed by atoms with Crippen LogP contribution in [0, 0.1) is 5.41 Å². The largest absolute Gasteiger partial charge is 0.388 e. The second kappa shape index (κ2) is 7.43. The van der Waals surface area contributed by atoms with E-state index in [9.17, 15) is 0 Å². The molecule has 4 heteroatoms. The number of nitrogens with zero attached hydrogens (tertiary/aromatic N) is 1. The van der Waals surface area contributed by atoms with Gasteiger partial charge in [-0.05, 0) is 32.0 Å². The van der Waals surface area contributed by atoms with E-state index in [1.807, 2.05) is 11.8 Å². The summed E-state index contributed by atoms with van der Waals surface area (Å²) in [5.74, 6) is 1.50. The molecule has 3 N–H and O–H groups in total. The summed E-state index contributed by atoms with van der Waals surface area (Å²) in [6, 6.07) is 0. The van der Waals surface area contributed by atoms with Crippen molar-refractivity contribution < 1.29 is 0 Å². The van der Waals surface area contributed by atoms with Crippen LogP contribution in [0.1, 0.15) is 12.8 Å². The minimum Gasteiger partial charge on any atom is -0.388 e. The predicted molar refractivity (Wildman–Crippen MR) is 57.0 cm³/mol. The fraction of sp³-hybridized carbons (Fsp3) is 0.875. The molecule has 0 unspecified atom stereocenters. The first-order chi connectivity index (χ1) is 5.66. The van der Waals surface area contributed by atoms with Crippen LogP contribution in [-0.4, -0.2) is 42.9 Å². The van der Waals surface area contributed by atoms with E-state index in [1.54, 1.807) is 0 Å². The zero-order valence-corrected chi connectivity index (χ0v) is 8.78. The lowest BCUT2D eigenvalue weighted by Crippen LogP contribution is -2.25. The van der Waals surface area contributed by atoms with Gasteiger partial charge in [0.05, 0.1) is 5.84 Å². The summed E-state index contributed by atoms with van der Waals surface area (Å²) in [7, 11) is 2.07. The van der Waals surface area contributed by atoms with Crippen LogP contribution in [0.2, 0.25) is 0 Å². The Bertz CT molecular complexity index is 127. The first-order valence-electron chi connectivity index (χ1n) is 4.17. The molecule has 0 aliphatic rings. The summed E-state index contributed by atoms with van der Waals surface area (Å²) in [5, 5.41) is 7.05. The highest BCUT2D eigenvalue weighted by Gasteiger charge is 1.97. The summed E-state index contributed by atoms with van der Waals surface area (Å²) < 4.78 is 0. The minimum atomic E-state index is 0.284. The van der Waals surface area contributed by atoms with Crippen molar-refractivity contribution in [3.05, 3.63) is 0 Å². The van der Waals surface area contributed by atoms with Gasteiger partial charge in [-0.15, -0.1) is 0 Å². The highest BCUT2D eigenvalue weighted by atomic mass is 32.2. The van der Waals surface area contributed by atoms with Crippen molar-refractivity contribution in [1.82, 2.24) is 4.90 Å². The van der Waals surface area contributed by atoms with Crippen molar-refractivity contribution in [2.45, 2.75) is 12.8 Å². The van der Waals surface area contributed by atoms with Gasteiger partial charge >= 0.3 is 0 Å². The van der Waals surface area contributed by atoms with Crippen molar-refractivity contribution in [3.8, 4) is 0 Å². The van der Waals surface area contributed by atoms with Crippen LogP contribution in [0.3, 0.4) is 0 Å². The average Bonchev–Trinajstić information content (AvgIpc) is 2.01. The molecule has 0 spiro atoms. The molecule has 0 amide bonds. The molecule has 0 saturated carbocycles. The molecular weight excluding hydrogens is 170 g/mol. The summed E-state index contributed by atoms with van der Waals surface area (Å²) >= 11 is 1.87. The van der Waals surface area contributed by atoms with Crippen molar-refractivity contribution >= 4 is 17.6 Å². The Morgan fingerprint density at radius 3 is 2.67 bits per heavy atom. The third kappa shape index (κ3) is 7.88.